The van der Waals surface area contributed by atoms with Crippen molar-refractivity contribution in [2.24, 2.45) is 0 Å². The quantitative estimate of drug-likeness (QED) is 0.348. The number of hydrogen-bond acceptors (Lipinski definition) is 3. The molecule has 0 unspecified atom stereocenters. The number of allylic oxidation sites excluding steroid dienone is 6. The fourth-order valence-electron chi connectivity index (χ4n) is 3.95. The van der Waals surface area contributed by atoms with E-state index in [9.17, 15) is 4.39 Å². The number of aromatic nitrogens is 4. The maximum absolute atomic E-state index is 13.6. The van der Waals surface area contributed by atoms with Crippen LogP contribution >= 0.6 is 11.3 Å². The SMILES string of the molecule is C=C/C=C(C)\C(=C/C)C(=C)/C=c1/c(-c2cc3c(-c4ccc(F)s4)cncc3[nH]2)n[nH]/c1=C/C. The van der Waals surface area contributed by atoms with Gasteiger partial charge in [0, 0.05) is 27.2 Å². The van der Waals surface area contributed by atoms with Crippen LogP contribution in [0.25, 0.3) is 44.9 Å². The monoisotopic (exact) mass is 456 g/mol. The van der Waals surface area contributed by atoms with Crippen LogP contribution in [0.3, 0.4) is 0 Å². The van der Waals surface area contributed by atoms with Gasteiger partial charge in [-0.2, -0.15) is 9.49 Å². The maximum Gasteiger partial charge on any atom is 0.176 e. The first-order valence-electron chi connectivity index (χ1n) is 10.6. The summed E-state index contributed by atoms with van der Waals surface area (Å²) in [7, 11) is 0. The van der Waals surface area contributed by atoms with Gasteiger partial charge in [0.05, 0.1) is 22.8 Å². The Hall–Kier alpha value is -3.77. The van der Waals surface area contributed by atoms with Crippen molar-refractivity contribution < 1.29 is 4.39 Å². The lowest BCUT2D eigenvalue weighted by molar-refractivity contribution is 0.657. The van der Waals surface area contributed by atoms with Crippen LogP contribution in [-0.4, -0.2) is 20.2 Å². The summed E-state index contributed by atoms with van der Waals surface area (Å²) in [6.07, 6.45) is 13.4. The van der Waals surface area contributed by atoms with Gasteiger partial charge in [0.1, 0.15) is 5.69 Å². The second-order valence-corrected chi connectivity index (χ2v) is 8.61. The van der Waals surface area contributed by atoms with Crippen molar-refractivity contribution >= 4 is 34.4 Å². The van der Waals surface area contributed by atoms with Crippen molar-refractivity contribution in [1.29, 1.82) is 0 Å². The van der Waals surface area contributed by atoms with Gasteiger partial charge in [0.2, 0.25) is 0 Å². The number of nitrogens with one attached hydrogen (secondary N) is 2. The van der Waals surface area contributed by atoms with Gasteiger partial charge in [-0.1, -0.05) is 37.5 Å². The van der Waals surface area contributed by atoms with Gasteiger partial charge in [-0.15, -0.1) is 11.3 Å². The molecule has 4 heterocycles. The summed E-state index contributed by atoms with van der Waals surface area (Å²) >= 11 is 1.11. The lowest BCUT2D eigenvalue weighted by Crippen LogP contribution is -2.23. The summed E-state index contributed by atoms with van der Waals surface area (Å²) in [6, 6.07) is 5.30. The Kier molecular flexibility index (Phi) is 6.38. The standard InChI is InChI=1S/C27H25FN4S/c1-6-9-16(4)18(7-2)17(5)12-20-22(8-3)31-32-27(20)23-13-19-21(14-29-15-24(19)30-23)25-10-11-26(28)33-25/h6-15,30-31H,1,5H2,2-4H3/b16-9-,18-7+,20-12+,22-8+. The first kappa shape index (κ1) is 22.4. The Morgan fingerprint density at radius 1 is 1.21 bits per heavy atom. The number of fused-ring (bicyclic) bond motifs is 1. The second kappa shape index (κ2) is 9.38. The van der Waals surface area contributed by atoms with Crippen molar-refractivity contribution in [1.82, 2.24) is 20.2 Å². The Bertz CT molecular complexity index is 1540. The highest BCUT2D eigenvalue weighted by Gasteiger charge is 2.14. The minimum atomic E-state index is -0.218. The van der Waals surface area contributed by atoms with E-state index in [0.29, 0.717) is 0 Å². The van der Waals surface area contributed by atoms with Gasteiger partial charge in [-0.3, -0.25) is 10.1 Å². The molecule has 0 amide bonds. The summed E-state index contributed by atoms with van der Waals surface area (Å²) in [5.74, 6) is 0. The molecule has 0 saturated heterocycles. The van der Waals surface area contributed by atoms with Crippen molar-refractivity contribution in [2.45, 2.75) is 20.8 Å². The zero-order chi connectivity index (χ0) is 23.5. The molecule has 0 aliphatic rings. The van der Waals surface area contributed by atoms with Crippen LogP contribution in [0, 0.1) is 5.13 Å². The molecule has 0 bridgehead atoms. The number of rotatable bonds is 6. The lowest BCUT2D eigenvalue weighted by atomic mass is 9.98. The number of halogens is 1. The van der Waals surface area contributed by atoms with E-state index in [2.05, 4.69) is 33.3 Å². The minimum absolute atomic E-state index is 0.218. The van der Waals surface area contributed by atoms with Crippen molar-refractivity contribution in [3.05, 3.63) is 94.4 Å². The molecular formula is C27H25FN4S. The van der Waals surface area contributed by atoms with Gasteiger partial charge in [-0.25, -0.2) is 0 Å². The van der Waals surface area contributed by atoms with E-state index < -0.39 is 0 Å². The van der Waals surface area contributed by atoms with Gasteiger partial charge >= 0.3 is 0 Å². The molecule has 0 aliphatic carbocycles. The third kappa shape index (κ3) is 4.30. The molecule has 4 aromatic heterocycles. The molecule has 33 heavy (non-hydrogen) atoms. The van der Waals surface area contributed by atoms with Gasteiger partial charge < -0.3 is 4.98 Å². The summed E-state index contributed by atoms with van der Waals surface area (Å²) in [5.41, 5.74) is 6.40. The molecular weight excluding hydrogens is 431 g/mol. The van der Waals surface area contributed by atoms with Crippen LogP contribution < -0.4 is 10.6 Å². The highest BCUT2D eigenvalue weighted by Crippen LogP contribution is 2.34. The van der Waals surface area contributed by atoms with E-state index in [1.54, 1.807) is 24.5 Å². The van der Waals surface area contributed by atoms with E-state index in [0.717, 1.165) is 71.4 Å². The van der Waals surface area contributed by atoms with Crippen LogP contribution in [0.5, 0.6) is 0 Å². The van der Waals surface area contributed by atoms with E-state index in [1.165, 1.54) is 6.07 Å². The molecule has 4 aromatic rings. The predicted octanol–water partition coefficient (Wildman–Crippen LogP) is 6.04. The number of aromatic amines is 2. The Morgan fingerprint density at radius 3 is 2.70 bits per heavy atom. The smallest absolute Gasteiger partial charge is 0.176 e. The lowest BCUT2D eigenvalue weighted by Gasteiger charge is -2.07. The molecule has 0 atom stereocenters. The molecule has 0 aromatic carbocycles. The first-order chi connectivity index (χ1) is 16.0. The average molecular weight is 457 g/mol. The van der Waals surface area contributed by atoms with Gasteiger partial charge in [0.15, 0.2) is 5.13 Å². The van der Waals surface area contributed by atoms with Crippen LogP contribution in [0.15, 0.2) is 78.7 Å². The van der Waals surface area contributed by atoms with Crippen molar-refractivity contribution in [3.63, 3.8) is 0 Å². The van der Waals surface area contributed by atoms with Crippen molar-refractivity contribution in [3.8, 4) is 21.8 Å². The van der Waals surface area contributed by atoms with Gasteiger partial charge in [-0.05, 0) is 61.8 Å². The van der Waals surface area contributed by atoms with E-state index in [-0.39, 0.29) is 5.13 Å². The van der Waals surface area contributed by atoms with E-state index >= 15 is 0 Å². The molecule has 0 radical (unpaired) electrons. The second-order valence-electron chi connectivity index (χ2n) is 7.58. The van der Waals surface area contributed by atoms with Crippen LogP contribution in [0.4, 0.5) is 4.39 Å². The normalized spacial score (nSPS) is 13.8. The minimum Gasteiger partial charge on any atom is -0.352 e. The third-order valence-corrected chi connectivity index (χ3v) is 6.41. The highest BCUT2D eigenvalue weighted by atomic mass is 32.1. The topological polar surface area (TPSA) is 57.4 Å². The first-order valence-corrected chi connectivity index (χ1v) is 11.4. The molecule has 4 rings (SSSR count). The van der Waals surface area contributed by atoms with Gasteiger partial charge in [0.25, 0.3) is 0 Å². The molecule has 0 saturated carbocycles. The number of thiophene rings is 1. The fourth-order valence-corrected chi connectivity index (χ4v) is 4.71. The number of H-pyrrole nitrogens is 2. The summed E-state index contributed by atoms with van der Waals surface area (Å²) in [5, 5.41) is 10.3. The summed E-state index contributed by atoms with van der Waals surface area (Å²) in [4.78, 5) is 8.61. The molecule has 6 heteroatoms. The number of hydrogen-bond donors (Lipinski definition) is 2. The van der Waals surface area contributed by atoms with Crippen molar-refractivity contribution in [2.75, 3.05) is 0 Å². The van der Waals surface area contributed by atoms with Crippen LogP contribution in [-0.2, 0) is 0 Å². The summed E-state index contributed by atoms with van der Waals surface area (Å²) in [6.45, 7) is 14.1. The fraction of sp³-hybridized carbons (Fsp3) is 0.111. The Balaban J connectivity index is 1.88. The molecule has 0 spiro atoms. The third-order valence-electron chi connectivity index (χ3n) is 5.51. The maximum atomic E-state index is 13.6. The number of nitrogens with zero attached hydrogens (tertiary/aromatic N) is 2. The zero-order valence-corrected chi connectivity index (χ0v) is 19.7. The van der Waals surface area contributed by atoms with E-state index in [4.69, 9.17) is 0 Å². The Morgan fingerprint density at radius 2 is 2.03 bits per heavy atom. The summed E-state index contributed by atoms with van der Waals surface area (Å²) < 4.78 is 13.6. The largest absolute Gasteiger partial charge is 0.352 e. The van der Waals surface area contributed by atoms with E-state index in [1.807, 2.05) is 51.1 Å². The molecule has 2 N–H and O–H groups in total. The van der Waals surface area contributed by atoms with Crippen LogP contribution in [0.1, 0.15) is 20.8 Å². The molecule has 4 nitrogen and oxygen atoms in total. The zero-order valence-electron chi connectivity index (χ0n) is 18.9. The number of pyridine rings is 1. The Labute approximate surface area is 195 Å². The molecule has 0 fully saturated rings. The average Bonchev–Trinajstić information content (AvgIpc) is 3.51. The van der Waals surface area contributed by atoms with Crippen LogP contribution in [0.2, 0.25) is 0 Å². The molecule has 166 valence electrons. The predicted molar refractivity (Wildman–Crippen MR) is 138 cm³/mol. The highest BCUT2D eigenvalue weighted by molar-refractivity contribution is 7.14. The molecule has 0 aliphatic heterocycles.